The number of hydrogen-bond donors (Lipinski definition) is 1. The van der Waals surface area contributed by atoms with E-state index >= 15 is 0 Å². The molecule has 0 radical (unpaired) electrons. The van der Waals surface area contributed by atoms with Gasteiger partial charge in [0.15, 0.2) is 0 Å². The normalized spacial score (nSPS) is 20.1. The summed E-state index contributed by atoms with van der Waals surface area (Å²) in [6.07, 6.45) is 4.34. The highest BCUT2D eigenvalue weighted by Crippen LogP contribution is 2.27. The predicted molar refractivity (Wildman–Crippen MR) is 107 cm³/mol. The Hall–Kier alpha value is -2.34. The molecule has 0 atom stereocenters. The highest BCUT2D eigenvalue weighted by Gasteiger charge is 2.25. The Balaban J connectivity index is 1.70. The molecule has 0 saturated heterocycles. The summed E-state index contributed by atoms with van der Waals surface area (Å²) in [5.41, 5.74) is 1.01. The molecular formula is C21H26N2O3S. The Morgan fingerprint density at radius 2 is 1.56 bits per heavy atom. The smallest absolute Gasteiger partial charge is 0.261 e. The fraction of sp³-hybridized carbons (Fsp3) is 0.381. The minimum Gasteiger partial charge on any atom is -0.339 e. The van der Waals surface area contributed by atoms with Gasteiger partial charge in [-0.3, -0.25) is 9.52 Å². The van der Waals surface area contributed by atoms with Crippen molar-refractivity contribution in [2.45, 2.75) is 43.5 Å². The zero-order valence-corrected chi connectivity index (χ0v) is 16.6. The summed E-state index contributed by atoms with van der Waals surface area (Å²) in [6.45, 7) is 2.25. The fourth-order valence-electron chi connectivity index (χ4n) is 3.50. The van der Waals surface area contributed by atoms with E-state index in [1.54, 1.807) is 41.3 Å². The highest BCUT2D eigenvalue weighted by atomic mass is 32.2. The second-order valence-corrected chi connectivity index (χ2v) is 9.01. The van der Waals surface area contributed by atoms with Crippen molar-refractivity contribution >= 4 is 21.6 Å². The summed E-state index contributed by atoms with van der Waals surface area (Å²) in [4.78, 5) is 14.7. The van der Waals surface area contributed by atoms with Crippen LogP contribution in [0.4, 0.5) is 5.69 Å². The Bertz CT molecular complexity index is 871. The summed E-state index contributed by atoms with van der Waals surface area (Å²) in [5.74, 6) is 0.667. The number of para-hydroxylation sites is 1. The zero-order chi connectivity index (χ0) is 19.4. The molecule has 0 aromatic heterocycles. The van der Waals surface area contributed by atoms with Crippen molar-refractivity contribution < 1.29 is 13.2 Å². The lowest BCUT2D eigenvalue weighted by Gasteiger charge is -2.33. The Morgan fingerprint density at radius 1 is 0.963 bits per heavy atom. The van der Waals surface area contributed by atoms with Gasteiger partial charge in [-0.25, -0.2) is 8.42 Å². The molecule has 2 aromatic carbocycles. The van der Waals surface area contributed by atoms with Crippen LogP contribution in [0.2, 0.25) is 0 Å². The maximum atomic E-state index is 12.7. The number of carbonyl (C=O) groups is 1. The maximum Gasteiger partial charge on any atom is 0.261 e. The van der Waals surface area contributed by atoms with Crippen LogP contribution < -0.4 is 4.72 Å². The van der Waals surface area contributed by atoms with E-state index in [1.807, 2.05) is 13.1 Å². The van der Waals surface area contributed by atoms with Crippen LogP contribution in [-0.2, 0) is 10.0 Å². The molecule has 1 amide bonds. The van der Waals surface area contributed by atoms with Crippen LogP contribution >= 0.6 is 0 Å². The summed E-state index contributed by atoms with van der Waals surface area (Å²) in [7, 11) is -1.84. The molecule has 1 aliphatic rings. The van der Waals surface area contributed by atoms with Gasteiger partial charge in [0.1, 0.15) is 0 Å². The van der Waals surface area contributed by atoms with E-state index in [2.05, 4.69) is 11.6 Å². The maximum absolute atomic E-state index is 12.7. The van der Waals surface area contributed by atoms with Crippen LogP contribution in [0.3, 0.4) is 0 Å². The Morgan fingerprint density at radius 3 is 2.15 bits per heavy atom. The van der Waals surface area contributed by atoms with Gasteiger partial charge in [-0.15, -0.1) is 0 Å². The van der Waals surface area contributed by atoms with E-state index in [-0.39, 0.29) is 16.8 Å². The third kappa shape index (κ3) is 4.69. The van der Waals surface area contributed by atoms with Crippen LogP contribution in [0.25, 0.3) is 0 Å². The number of benzene rings is 2. The molecule has 1 fully saturated rings. The van der Waals surface area contributed by atoms with E-state index < -0.39 is 10.0 Å². The fourth-order valence-corrected chi connectivity index (χ4v) is 4.55. The second-order valence-electron chi connectivity index (χ2n) is 7.33. The molecule has 0 spiro atoms. The monoisotopic (exact) mass is 386 g/mol. The average Bonchev–Trinajstić information content (AvgIpc) is 2.68. The van der Waals surface area contributed by atoms with Gasteiger partial charge < -0.3 is 4.90 Å². The van der Waals surface area contributed by atoms with Crippen LogP contribution in [0.5, 0.6) is 0 Å². The molecule has 3 rings (SSSR count). The first-order valence-electron chi connectivity index (χ1n) is 9.32. The highest BCUT2D eigenvalue weighted by molar-refractivity contribution is 7.92. The quantitative estimate of drug-likeness (QED) is 0.840. The van der Waals surface area contributed by atoms with E-state index in [9.17, 15) is 13.2 Å². The molecule has 27 heavy (non-hydrogen) atoms. The van der Waals surface area contributed by atoms with Gasteiger partial charge in [0.2, 0.25) is 0 Å². The van der Waals surface area contributed by atoms with Crippen LogP contribution in [0.15, 0.2) is 59.5 Å². The van der Waals surface area contributed by atoms with Crippen molar-refractivity contribution in [3.63, 3.8) is 0 Å². The third-order valence-corrected chi connectivity index (χ3v) is 6.69. The van der Waals surface area contributed by atoms with E-state index in [4.69, 9.17) is 0 Å². The third-order valence-electron chi connectivity index (χ3n) is 5.29. The van der Waals surface area contributed by atoms with Crippen LogP contribution in [0.1, 0.15) is 43.0 Å². The number of hydrogen-bond acceptors (Lipinski definition) is 3. The van der Waals surface area contributed by atoms with Crippen molar-refractivity contribution in [1.29, 1.82) is 0 Å². The van der Waals surface area contributed by atoms with Crippen molar-refractivity contribution in [3.8, 4) is 0 Å². The van der Waals surface area contributed by atoms with E-state index in [1.165, 1.54) is 12.1 Å². The molecule has 1 N–H and O–H groups in total. The number of sulfonamides is 1. The number of rotatable bonds is 5. The lowest BCUT2D eigenvalue weighted by atomic mass is 9.86. The number of amides is 1. The summed E-state index contributed by atoms with van der Waals surface area (Å²) < 4.78 is 27.5. The summed E-state index contributed by atoms with van der Waals surface area (Å²) in [6, 6.07) is 15.1. The minimum atomic E-state index is -3.68. The Labute approximate surface area is 161 Å². The first-order valence-corrected chi connectivity index (χ1v) is 10.8. The molecule has 0 aliphatic heterocycles. The van der Waals surface area contributed by atoms with E-state index in [0.29, 0.717) is 11.3 Å². The average molecular weight is 387 g/mol. The minimum absolute atomic E-state index is 0.0606. The molecule has 0 unspecified atom stereocenters. The second kappa shape index (κ2) is 8.13. The van der Waals surface area contributed by atoms with Gasteiger partial charge in [0.05, 0.1) is 4.90 Å². The van der Waals surface area contributed by atoms with Gasteiger partial charge in [-0.05, 0) is 68.0 Å². The van der Waals surface area contributed by atoms with Crippen molar-refractivity contribution in [3.05, 3.63) is 60.2 Å². The number of anilines is 1. The molecule has 5 nitrogen and oxygen atoms in total. The molecule has 6 heteroatoms. The topological polar surface area (TPSA) is 66.5 Å². The van der Waals surface area contributed by atoms with Gasteiger partial charge in [0.25, 0.3) is 15.9 Å². The van der Waals surface area contributed by atoms with Gasteiger partial charge in [-0.2, -0.15) is 0 Å². The Kier molecular flexibility index (Phi) is 5.85. The number of carbonyl (C=O) groups excluding carboxylic acids is 1. The van der Waals surface area contributed by atoms with Crippen LogP contribution in [0, 0.1) is 5.92 Å². The van der Waals surface area contributed by atoms with Crippen LogP contribution in [-0.4, -0.2) is 32.3 Å². The lowest BCUT2D eigenvalue weighted by Crippen LogP contribution is -2.39. The van der Waals surface area contributed by atoms with Crippen molar-refractivity contribution in [1.82, 2.24) is 4.90 Å². The summed E-state index contributed by atoms with van der Waals surface area (Å²) >= 11 is 0. The standard InChI is InChI=1S/C21H26N2O3S/c1-16-8-12-19(13-9-16)23(2)21(24)17-10-14-20(15-11-17)27(25,26)22-18-6-4-3-5-7-18/h3-7,10-11,14-16,19,22H,8-9,12-13H2,1-2H3. The molecule has 1 saturated carbocycles. The van der Waals surface area contributed by atoms with Gasteiger partial charge in [-0.1, -0.05) is 25.1 Å². The molecule has 1 aliphatic carbocycles. The molecular weight excluding hydrogens is 360 g/mol. The molecule has 0 heterocycles. The largest absolute Gasteiger partial charge is 0.339 e. The van der Waals surface area contributed by atoms with Gasteiger partial charge >= 0.3 is 0 Å². The predicted octanol–water partition coefficient (Wildman–Crippen LogP) is 4.14. The number of nitrogens with zero attached hydrogens (tertiary/aromatic N) is 1. The first kappa shape index (κ1) is 19.4. The molecule has 144 valence electrons. The molecule has 0 bridgehead atoms. The van der Waals surface area contributed by atoms with E-state index in [0.717, 1.165) is 31.6 Å². The number of nitrogens with one attached hydrogen (secondary N) is 1. The summed E-state index contributed by atoms with van der Waals surface area (Å²) in [5, 5.41) is 0. The van der Waals surface area contributed by atoms with Crippen molar-refractivity contribution in [2.75, 3.05) is 11.8 Å². The zero-order valence-electron chi connectivity index (χ0n) is 15.8. The SMILES string of the molecule is CC1CCC(N(C)C(=O)c2ccc(S(=O)(=O)Nc3ccccc3)cc2)CC1. The molecule has 2 aromatic rings. The lowest BCUT2D eigenvalue weighted by molar-refractivity contribution is 0.0679. The first-order chi connectivity index (χ1) is 12.9. The van der Waals surface area contributed by atoms with Crippen molar-refractivity contribution in [2.24, 2.45) is 5.92 Å². The van der Waals surface area contributed by atoms with Gasteiger partial charge in [0, 0.05) is 24.3 Å².